The van der Waals surface area contributed by atoms with Gasteiger partial charge in [0.15, 0.2) is 6.10 Å². The Morgan fingerprint density at radius 1 is 1.44 bits per heavy atom. The largest absolute Gasteiger partial charge is 0.444 e. The van der Waals surface area contributed by atoms with E-state index >= 15 is 0 Å². The maximum atomic E-state index is 11.6. The average molecular weight is 248 g/mol. The third kappa shape index (κ3) is 7.51. The highest BCUT2D eigenvalue weighted by Gasteiger charge is 2.24. The van der Waals surface area contributed by atoms with Gasteiger partial charge in [-0.25, -0.2) is 0 Å². The summed E-state index contributed by atoms with van der Waals surface area (Å²) in [5.41, 5.74) is 2.03. The van der Waals surface area contributed by atoms with Gasteiger partial charge < -0.3 is 9.47 Å². The Bertz CT molecular complexity index is 374. The molecule has 0 aromatic carbocycles. The number of hydrogen-bond acceptors (Lipinski definition) is 3. The summed E-state index contributed by atoms with van der Waals surface area (Å²) in [4.78, 5) is 11.6. The molecule has 0 aliphatic carbocycles. The Kier molecular flexibility index (Phi) is 7.54. The van der Waals surface area contributed by atoms with Gasteiger partial charge in [-0.1, -0.05) is 18.6 Å². The van der Waals surface area contributed by atoms with Gasteiger partial charge in [-0.15, -0.1) is 12.2 Å². The van der Waals surface area contributed by atoms with Crippen LogP contribution < -0.4 is 0 Å². The van der Waals surface area contributed by atoms with Crippen molar-refractivity contribution in [2.45, 2.75) is 26.9 Å². The van der Waals surface area contributed by atoms with E-state index in [9.17, 15) is 4.79 Å². The molecule has 0 rings (SSSR count). The molecular weight excluding hydrogens is 228 g/mol. The minimum atomic E-state index is -0.657. The van der Waals surface area contributed by atoms with Gasteiger partial charge in [0, 0.05) is 0 Å². The number of rotatable bonds is 6. The summed E-state index contributed by atoms with van der Waals surface area (Å²) < 4.78 is 10.3. The lowest BCUT2D eigenvalue weighted by Gasteiger charge is -2.18. The molecule has 3 nitrogen and oxygen atoms in total. The fourth-order valence-corrected chi connectivity index (χ4v) is 0.854. The molecule has 0 bridgehead atoms. The molecule has 1 atom stereocenters. The van der Waals surface area contributed by atoms with Crippen LogP contribution in [0.1, 0.15) is 20.8 Å². The van der Waals surface area contributed by atoms with Crippen molar-refractivity contribution in [3.05, 3.63) is 30.5 Å². The van der Waals surface area contributed by atoms with Gasteiger partial charge in [0.05, 0.1) is 18.6 Å². The highest BCUT2D eigenvalue weighted by Crippen LogP contribution is 2.16. The predicted molar refractivity (Wildman–Crippen MR) is 71.8 cm³/mol. The SMILES string of the molecule is C#CC(/C=C/COCC=C=C)OC(=O)C(C)(C)C. The van der Waals surface area contributed by atoms with Crippen LogP contribution in [0.4, 0.5) is 0 Å². The maximum absolute atomic E-state index is 11.6. The van der Waals surface area contributed by atoms with Crippen molar-refractivity contribution in [2.75, 3.05) is 13.2 Å². The van der Waals surface area contributed by atoms with Crippen molar-refractivity contribution in [1.82, 2.24) is 0 Å². The molecule has 0 heterocycles. The summed E-state index contributed by atoms with van der Waals surface area (Å²) in [7, 11) is 0. The van der Waals surface area contributed by atoms with Crippen LogP contribution >= 0.6 is 0 Å². The molecule has 3 heteroatoms. The number of carbonyl (C=O) groups is 1. The van der Waals surface area contributed by atoms with E-state index < -0.39 is 11.5 Å². The van der Waals surface area contributed by atoms with Crippen LogP contribution in [-0.4, -0.2) is 25.3 Å². The van der Waals surface area contributed by atoms with E-state index in [-0.39, 0.29) is 5.97 Å². The number of terminal acetylenes is 1. The first kappa shape index (κ1) is 16.2. The van der Waals surface area contributed by atoms with Gasteiger partial charge >= 0.3 is 5.97 Å². The predicted octanol–water partition coefficient (Wildman–Crippen LogP) is 2.49. The highest BCUT2D eigenvalue weighted by molar-refractivity contribution is 5.75. The smallest absolute Gasteiger partial charge is 0.312 e. The normalized spacial score (nSPS) is 12.6. The summed E-state index contributed by atoms with van der Waals surface area (Å²) in [6.07, 6.45) is 9.64. The van der Waals surface area contributed by atoms with Crippen molar-refractivity contribution in [2.24, 2.45) is 5.41 Å². The summed E-state index contributed by atoms with van der Waals surface area (Å²) in [5.74, 6) is 2.06. The van der Waals surface area contributed by atoms with Crippen LogP contribution in [0.2, 0.25) is 0 Å². The topological polar surface area (TPSA) is 35.5 Å². The first-order chi connectivity index (χ1) is 8.41. The fraction of sp³-hybridized carbons (Fsp3) is 0.467. The Balaban J connectivity index is 4.12. The maximum Gasteiger partial charge on any atom is 0.312 e. The lowest BCUT2D eigenvalue weighted by molar-refractivity contribution is -0.154. The van der Waals surface area contributed by atoms with Crippen molar-refractivity contribution in [1.29, 1.82) is 0 Å². The molecule has 1 unspecified atom stereocenters. The second kappa shape index (κ2) is 8.36. The van der Waals surface area contributed by atoms with Crippen molar-refractivity contribution in [3.8, 4) is 12.3 Å². The van der Waals surface area contributed by atoms with E-state index in [4.69, 9.17) is 15.9 Å². The summed E-state index contributed by atoms with van der Waals surface area (Å²) >= 11 is 0. The zero-order chi connectivity index (χ0) is 14.0. The molecular formula is C15H20O3. The molecule has 0 aliphatic heterocycles. The van der Waals surface area contributed by atoms with E-state index in [2.05, 4.69) is 18.2 Å². The Labute approximate surface area is 109 Å². The summed E-state index contributed by atoms with van der Waals surface area (Å²) in [6, 6.07) is 0. The van der Waals surface area contributed by atoms with E-state index in [0.717, 1.165) is 0 Å². The lowest BCUT2D eigenvalue weighted by atomic mass is 9.97. The third-order valence-corrected chi connectivity index (χ3v) is 1.88. The van der Waals surface area contributed by atoms with E-state index in [1.54, 1.807) is 39.0 Å². The average Bonchev–Trinajstić information content (AvgIpc) is 2.30. The second-order valence-corrected chi connectivity index (χ2v) is 4.62. The second-order valence-electron chi connectivity index (χ2n) is 4.62. The van der Waals surface area contributed by atoms with Gasteiger partial charge in [0.25, 0.3) is 0 Å². The standard InChI is InChI=1S/C15H20O3/c1-6-8-11-17-12-9-10-13(7-2)18-14(16)15(3,4)5/h2,8-10,13H,1,11-12H2,3-5H3/b10-9+. The minimum Gasteiger partial charge on any atom is -0.444 e. The van der Waals surface area contributed by atoms with Crippen molar-refractivity contribution < 1.29 is 14.3 Å². The third-order valence-electron chi connectivity index (χ3n) is 1.88. The van der Waals surface area contributed by atoms with Crippen molar-refractivity contribution >= 4 is 5.97 Å². The Morgan fingerprint density at radius 2 is 2.11 bits per heavy atom. The van der Waals surface area contributed by atoms with Crippen LogP contribution in [0, 0.1) is 17.8 Å². The van der Waals surface area contributed by atoms with Crippen LogP contribution in [0.15, 0.2) is 30.5 Å². The van der Waals surface area contributed by atoms with Crippen molar-refractivity contribution in [3.63, 3.8) is 0 Å². The number of ether oxygens (including phenoxy) is 2. The van der Waals surface area contributed by atoms with Gasteiger partial charge in [-0.3, -0.25) is 4.79 Å². The molecule has 18 heavy (non-hydrogen) atoms. The zero-order valence-electron chi connectivity index (χ0n) is 11.2. The molecule has 0 saturated heterocycles. The number of carbonyl (C=O) groups excluding carboxylic acids is 1. The Morgan fingerprint density at radius 3 is 2.61 bits per heavy atom. The molecule has 0 amide bonds. The highest BCUT2D eigenvalue weighted by atomic mass is 16.5. The fourth-order valence-electron chi connectivity index (χ4n) is 0.854. The number of hydrogen-bond donors (Lipinski definition) is 0. The van der Waals surface area contributed by atoms with Crippen LogP contribution in [0.25, 0.3) is 0 Å². The minimum absolute atomic E-state index is 0.328. The monoisotopic (exact) mass is 248 g/mol. The first-order valence-electron chi connectivity index (χ1n) is 5.67. The molecule has 0 aliphatic rings. The molecule has 98 valence electrons. The molecule has 0 spiro atoms. The van der Waals surface area contributed by atoms with Crippen LogP contribution in [0.3, 0.4) is 0 Å². The molecule has 0 fully saturated rings. The Hall–Kier alpha value is -1.75. The number of esters is 1. The van der Waals surface area contributed by atoms with Gasteiger partial charge in [0.1, 0.15) is 0 Å². The molecule has 0 aromatic rings. The van der Waals surface area contributed by atoms with Crippen LogP contribution in [0.5, 0.6) is 0 Å². The van der Waals surface area contributed by atoms with Gasteiger partial charge in [-0.2, -0.15) is 0 Å². The molecule has 0 radical (unpaired) electrons. The quantitative estimate of drug-likeness (QED) is 0.238. The molecule has 0 aromatic heterocycles. The molecule has 0 saturated carbocycles. The summed E-state index contributed by atoms with van der Waals surface area (Å²) in [6.45, 7) is 9.57. The van der Waals surface area contributed by atoms with E-state index in [1.165, 1.54) is 0 Å². The molecule has 0 N–H and O–H groups in total. The van der Waals surface area contributed by atoms with E-state index in [1.807, 2.05) is 0 Å². The first-order valence-corrected chi connectivity index (χ1v) is 5.67. The summed E-state index contributed by atoms with van der Waals surface area (Å²) in [5, 5.41) is 0. The van der Waals surface area contributed by atoms with Crippen LogP contribution in [-0.2, 0) is 14.3 Å². The van der Waals surface area contributed by atoms with E-state index in [0.29, 0.717) is 13.2 Å². The lowest BCUT2D eigenvalue weighted by Crippen LogP contribution is -2.26. The van der Waals surface area contributed by atoms with Gasteiger partial charge in [0.2, 0.25) is 0 Å². The van der Waals surface area contributed by atoms with Gasteiger partial charge in [-0.05, 0) is 32.9 Å². The zero-order valence-corrected chi connectivity index (χ0v) is 11.2.